The minimum absolute atomic E-state index is 0.00724. The van der Waals surface area contributed by atoms with Crippen LogP contribution >= 0.6 is 11.3 Å². The maximum absolute atomic E-state index is 12.2. The number of nitrogens with zero attached hydrogens (tertiary/aromatic N) is 2. The lowest BCUT2D eigenvalue weighted by Crippen LogP contribution is -2.28. The molecule has 2 aromatic rings. The van der Waals surface area contributed by atoms with Crippen LogP contribution in [0.25, 0.3) is 0 Å². The van der Waals surface area contributed by atoms with E-state index in [0.717, 1.165) is 17.2 Å². The number of amides is 1. The zero-order chi connectivity index (χ0) is 16.6. The first kappa shape index (κ1) is 16.1. The van der Waals surface area contributed by atoms with Gasteiger partial charge in [0.05, 0.1) is 6.54 Å². The van der Waals surface area contributed by atoms with Crippen LogP contribution in [0.15, 0.2) is 26.7 Å². The largest absolute Gasteiger partial charge is 0.464 e. The van der Waals surface area contributed by atoms with Gasteiger partial charge in [0.25, 0.3) is 0 Å². The molecule has 23 heavy (non-hydrogen) atoms. The van der Waals surface area contributed by atoms with Crippen LogP contribution in [0, 0.1) is 12.8 Å². The van der Waals surface area contributed by atoms with Crippen LogP contribution in [0.2, 0.25) is 0 Å². The summed E-state index contributed by atoms with van der Waals surface area (Å²) >= 11 is 1.17. The van der Waals surface area contributed by atoms with Gasteiger partial charge >= 0.3 is 4.87 Å². The number of carbonyl (C=O) groups excluding carboxylic acids is 1. The Morgan fingerprint density at radius 3 is 2.83 bits per heavy atom. The minimum Gasteiger partial charge on any atom is -0.464 e. The quantitative estimate of drug-likeness (QED) is 0.816. The van der Waals surface area contributed by atoms with E-state index in [1.807, 2.05) is 24.4 Å². The van der Waals surface area contributed by atoms with Gasteiger partial charge in [-0.1, -0.05) is 18.3 Å². The molecule has 2 atom stereocenters. The highest BCUT2D eigenvalue weighted by Gasteiger charge is 2.36. The average Bonchev–Trinajstić information content (AvgIpc) is 2.92. The molecule has 2 aromatic heterocycles. The van der Waals surface area contributed by atoms with Crippen molar-refractivity contribution >= 4 is 17.2 Å². The van der Waals surface area contributed by atoms with Gasteiger partial charge in [-0.05, 0) is 31.4 Å². The van der Waals surface area contributed by atoms with Gasteiger partial charge in [-0.25, -0.2) is 0 Å². The lowest BCUT2D eigenvalue weighted by Gasteiger charge is -2.16. The number of rotatable bonds is 6. The molecule has 1 aliphatic rings. The predicted octanol–water partition coefficient (Wildman–Crippen LogP) is 2.98. The summed E-state index contributed by atoms with van der Waals surface area (Å²) in [5.74, 6) is 3.13. The molecule has 5 nitrogen and oxygen atoms in total. The van der Waals surface area contributed by atoms with Gasteiger partial charge in [-0.2, -0.15) is 0 Å². The van der Waals surface area contributed by atoms with E-state index >= 15 is 0 Å². The van der Waals surface area contributed by atoms with E-state index in [1.54, 1.807) is 16.5 Å². The molecule has 0 aliphatic heterocycles. The summed E-state index contributed by atoms with van der Waals surface area (Å²) in [4.78, 5) is 25.5. The van der Waals surface area contributed by atoms with Gasteiger partial charge in [0, 0.05) is 37.0 Å². The lowest BCUT2D eigenvalue weighted by atomic mass is 10.3. The van der Waals surface area contributed by atoms with Crippen molar-refractivity contribution in [1.82, 2.24) is 9.47 Å². The summed E-state index contributed by atoms with van der Waals surface area (Å²) in [6, 6.07) is 3.98. The third kappa shape index (κ3) is 3.58. The maximum Gasteiger partial charge on any atom is 0.307 e. The van der Waals surface area contributed by atoms with Gasteiger partial charge in [0.2, 0.25) is 5.91 Å². The highest BCUT2D eigenvalue weighted by atomic mass is 32.1. The Balaban J connectivity index is 1.53. The van der Waals surface area contributed by atoms with Gasteiger partial charge in [0.1, 0.15) is 11.5 Å². The highest BCUT2D eigenvalue weighted by Crippen LogP contribution is 2.47. The number of thiazole rings is 1. The molecule has 0 saturated heterocycles. The molecule has 1 amide bonds. The van der Waals surface area contributed by atoms with E-state index in [2.05, 4.69) is 6.92 Å². The summed E-state index contributed by atoms with van der Waals surface area (Å²) in [5.41, 5.74) is 0.907. The molecule has 124 valence electrons. The van der Waals surface area contributed by atoms with Crippen molar-refractivity contribution in [3.8, 4) is 0 Å². The molecular weight excluding hydrogens is 312 g/mol. The number of hydrogen-bond donors (Lipinski definition) is 0. The Labute approximate surface area is 139 Å². The van der Waals surface area contributed by atoms with E-state index in [1.165, 1.54) is 17.8 Å². The molecule has 0 unspecified atom stereocenters. The first-order chi connectivity index (χ1) is 11.0. The van der Waals surface area contributed by atoms with Crippen molar-refractivity contribution in [1.29, 1.82) is 0 Å². The van der Waals surface area contributed by atoms with Gasteiger partial charge in [0.15, 0.2) is 0 Å². The molecule has 0 aromatic carbocycles. The van der Waals surface area contributed by atoms with Crippen molar-refractivity contribution in [2.75, 3.05) is 7.05 Å². The van der Waals surface area contributed by atoms with Crippen LogP contribution in [-0.4, -0.2) is 22.4 Å². The molecule has 3 rings (SSSR count). The molecular formula is C17H22N2O3S. The molecule has 1 aliphatic carbocycles. The number of hydrogen-bond acceptors (Lipinski definition) is 4. The average molecular weight is 334 g/mol. The summed E-state index contributed by atoms with van der Waals surface area (Å²) in [5, 5.41) is 1.82. The Kier molecular flexibility index (Phi) is 4.43. The zero-order valence-corrected chi connectivity index (χ0v) is 14.6. The van der Waals surface area contributed by atoms with Crippen molar-refractivity contribution in [3.05, 3.63) is 44.4 Å². The van der Waals surface area contributed by atoms with Crippen molar-refractivity contribution < 1.29 is 9.21 Å². The summed E-state index contributed by atoms with van der Waals surface area (Å²) < 4.78 is 7.49. The second kappa shape index (κ2) is 6.35. The van der Waals surface area contributed by atoms with E-state index in [0.29, 0.717) is 31.3 Å². The monoisotopic (exact) mass is 334 g/mol. The molecule has 0 bridgehead atoms. The topological polar surface area (TPSA) is 55.5 Å². The highest BCUT2D eigenvalue weighted by molar-refractivity contribution is 7.07. The predicted molar refractivity (Wildman–Crippen MR) is 89.6 cm³/mol. The third-order valence-electron chi connectivity index (χ3n) is 4.50. The fraction of sp³-hybridized carbons (Fsp3) is 0.529. The number of carbonyl (C=O) groups is 1. The van der Waals surface area contributed by atoms with E-state index in [4.69, 9.17) is 4.42 Å². The summed E-state index contributed by atoms with van der Waals surface area (Å²) in [6.45, 7) is 5.00. The molecule has 1 fully saturated rings. The van der Waals surface area contributed by atoms with Gasteiger partial charge in [-0.3, -0.25) is 9.59 Å². The Morgan fingerprint density at radius 1 is 1.48 bits per heavy atom. The number of aryl methyl sites for hydroxylation is 1. The van der Waals surface area contributed by atoms with Crippen LogP contribution in [0.4, 0.5) is 0 Å². The molecule has 0 N–H and O–H groups in total. The first-order valence-electron chi connectivity index (χ1n) is 7.93. The maximum atomic E-state index is 12.2. The fourth-order valence-electron chi connectivity index (χ4n) is 2.79. The van der Waals surface area contributed by atoms with Crippen molar-refractivity contribution in [2.45, 2.75) is 45.7 Å². The van der Waals surface area contributed by atoms with E-state index in [-0.39, 0.29) is 10.8 Å². The second-order valence-corrected chi connectivity index (χ2v) is 7.24. The smallest absolute Gasteiger partial charge is 0.307 e. The van der Waals surface area contributed by atoms with Crippen LogP contribution < -0.4 is 4.87 Å². The molecule has 6 heteroatoms. The van der Waals surface area contributed by atoms with Crippen LogP contribution in [0.1, 0.15) is 42.9 Å². The zero-order valence-electron chi connectivity index (χ0n) is 13.7. The second-order valence-electron chi connectivity index (χ2n) is 6.42. The lowest BCUT2D eigenvalue weighted by molar-refractivity contribution is -0.130. The first-order valence-corrected chi connectivity index (χ1v) is 8.81. The molecule has 0 radical (unpaired) electrons. The normalized spacial score (nSPS) is 19.8. The molecule has 1 saturated carbocycles. The van der Waals surface area contributed by atoms with Crippen LogP contribution in [0.5, 0.6) is 0 Å². The minimum atomic E-state index is -0.00724. The van der Waals surface area contributed by atoms with Gasteiger partial charge < -0.3 is 13.9 Å². The fourth-order valence-corrected chi connectivity index (χ4v) is 3.55. The van der Waals surface area contributed by atoms with Gasteiger partial charge in [-0.15, -0.1) is 0 Å². The van der Waals surface area contributed by atoms with E-state index in [9.17, 15) is 9.59 Å². The third-order valence-corrected chi connectivity index (χ3v) is 5.38. The van der Waals surface area contributed by atoms with Crippen molar-refractivity contribution in [2.24, 2.45) is 5.92 Å². The number of furan rings is 1. The Hall–Kier alpha value is -1.82. The Bertz CT molecular complexity index is 758. The summed E-state index contributed by atoms with van der Waals surface area (Å²) in [6.07, 6.45) is 1.51. The molecule has 0 spiro atoms. The summed E-state index contributed by atoms with van der Waals surface area (Å²) in [7, 11) is 1.77. The van der Waals surface area contributed by atoms with Crippen LogP contribution in [0.3, 0.4) is 0 Å². The number of aromatic nitrogens is 1. The Morgan fingerprint density at radius 2 is 2.22 bits per heavy atom. The SMILES string of the molecule is Cc1csc(=O)n1CCC(=O)N(C)Cc1ccc([C@H]2C[C@H]2C)o1. The van der Waals surface area contributed by atoms with Crippen molar-refractivity contribution in [3.63, 3.8) is 0 Å². The standard InChI is InChI=1S/C17H22N2O3S/c1-11-8-14(11)15-5-4-13(22-15)9-18(3)16(20)6-7-19-12(2)10-23-17(19)21/h4-5,10-11,14H,6-9H2,1-3H3/t11-,14+/m1/s1. The van der Waals surface area contributed by atoms with Crippen LogP contribution in [-0.2, 0) is 17.9 Å². The molecule has 2 heterocycles. The van der Waals surface area contributed by atoms with E-state index < -0.39 is 0 Å².